The second kappa shape index (κ2) is 5.93. The number of anilines is 1. The standard InChI is InChI=1S/C13H20ClNO2S/c1-4-13(2,9-10-14)15-11-7-5-6-8-12(11)18(3,16)17/h5-8,15H,4,9-10H2,1-3H3. The normalized spacial score (nSPS) is 15.1. The average Bonchev–Trinajstić information content (AvgIpc) is 2.28. The molecule has 0 bridgehead atoms. The topological polar surface area (TPSA) is 46.2 Å². The van der Waals surface area contributed by atoms with E-state index in [4.69, 9.17) is 11.6 Å². The highest BCUT2D eigenvalue weighted by atomic mass is 35.5. The maximum absolute atomic E-state index is 11.7. The van der Waals surface area contributed by atoms with Crippen molar-refractivity contribution in [3.05, 3.63) is 24.3 Å². The van der Waals surface area contributed by atoms with Gasteiger partial charge in [0.25, 0.3) is 0 Å². The molecule has 18 heavy (non-hydrogen) atoms. The van der Waals surface area contributed by atoms with Crippen LogP contribution >= 0.6 is 11.6 Å². The zero-order chi connectivity index (χ0) is 13.8. The van der Waals surface area contributed by atoms with Crippen LogP contribution in [-0.4, -0.2) is 26.1 Å². The molecule has 1 rings (SSSR count). The van der Waals surface area contributed by atoms with Crippen molar-refractivity contribution < 1.29 is 8.42 Å². The average molecular weight is 290 g/mol. The van der Waals surface area contributed by atoms with Crippen molar-refractivity contribution in [3.8, 4) is 0 Å². The number of para-hydroxylation sites is 1. The van der Waals surface area contributed by atoms with Crippen LogP contribution in [0.2, 0.25) is 0 Å². The van der Waals surface area contributed by atoms with Crippen molar-refractivity contribution in [2.24, 2.45) is 0 Å². The molecular formula is C13H20ClNO2S. The Balaban J connectivity index is 3.11. The predicted molar refractivity (Wildman–Crippen MR) is 77.2 cm³/mol. The van der Waals surface area contributed by atoms with E-state index in [2.05, 4.69) is 19.2 Å². The summed E-state index contributed by atoms with van der Waals surface area (Å²) < 4.78 is 23.4. The highest BCUT2D eigenvalue weighted by molar-refractivity contribution is 7.90. The lowest BCUT2D eigenvalue weighted by Crippen LogP contribution is -2.35. The van der Waals surface area contributed by atoms with E-state index in [-0.39, 0.29) is 5.54 Å². The Morgan fingerprint density at radius 3 is 2.44 bits per heavy atom. The molecule has 0 spiro atoms. The lowest BCUT2D eigenvalue weighted by molar-refractivity contribution is 0.480. The van der Waals surface area contributed by atoms with Gasteiger partial charge in [0, 0.05) is 17.7 Å². The summed E-state index contributed by atoms with van der Waals surface area (Å²) in [4.78, 5) is 0.333. The predicted octanol–water partition coefficient (Wildman–Crippen LogP) is 3.30. The number of sulfone groups is 1. The minimum Gasteiger partial charge on any atom is -0.379 e. The highest BCUT2D eigenvalue weighted by Gasteiger charge is 2.23. The first-order chi connectivity index (χ1) is 8.32. The van der Waals surface area contributed by atoms with Crippen molar-refractivity contribution >= 4 is 27.1 Å². The molecule has 0 aliphatic heterocycles. The van der Waals surface area contributed by atoms with Crippen LogP contribution in [0.25, 0.3) is 0 Å². The number of nitrogens with one attached hydrogen (secondary N) is 1. The number of hydrogen-bond acceptors (Lipinski definition) is 3. The smallest absolute Gasteiger partial charge is 0.177 e. The van der Waals surface area contributed by atoms with E-state index in [9.17, 15) is 8.42 Å². The molecule has 5 heteroatoms. The SMILES string of the molecule is CCC(C)(CCCl)Nc1ccccc1S(C)(=O)=O. The lowest BCUT2D eigenvalue weighted by Gasteiger charge is -2.31. The van der Waals surface area contributed by atoms with E-state index >= 15 is 0 Å². The zero-order valence-electron chi connectivity index (χ0n) is 11.0. The fourth-order valence-electron chi connectivity index (χ4n) is 1.75. The van der Waals surface area contributed by atoms with Gasteiger partial charge in [-0.1, -0.05) is 19.1 Å². The van der Waals surface area contributed by atoms with Gasteiger partial charge in [0.05, 0.1) is 10.6 Å². The van der Waals surface area contributed by atoms with Crippen LogP contribution in [-0.2, 0) is 9.84 Å². The van der Waals surface area contributed by atoms with Gasteiger partial charge in [0.2, 0.25) is 0 Å². The number of alkyl halides is 1. The van der Waals surface area contributed by atoms with Gasteiger partial charge in [-0.25, -0.2) is 8.42 Å². The van der Waals surface area contributed by atoms with Gasteiger partial charge in [-0.15, -0.1) is 11.6 Å². The second-order valence-electron chi connectivity index (χ2n) is 4.75. The quantitative estimate of drug-likeness (QED) is 0.817. The molecule has 0 aromatic heterocycles. The van der Waals surface area contributed by atoms with E-state index in [0.717, 1.165) is 12.8 Å². The van der Waals surface area contributed by atoms with Crippen molar-refractivity contribution in [3.63, 3.8) is 0 Å². The molecule has 1 N–H and O–H groups in total. The van der Waals surface area contributed by atoms with E-state index in [1.807, 2.05) is 6.07 Å². The molecule has 0 amide bonds. The Hall–Kier alpha value is -0.740. The van der Waals surface area contributed by atoms with Crippen LogP contribution in [0.15, 0.2) is 29.2 Å². The second-order valence-corrected chi connectivity index (χ2v) is 7.11. The molecule has 0 fully saturated rings. The third-order valence-electron chi connectivity index (χ3n) is 3.15. The molecule has 1 aromatic carbocycles. The molecule has 0 aliphatic rings. The van der Waals surface area contributed by atoms with Crippen molar-refractivity contribution in [1.82, 2.24) is 0 Å². The van der Waals surface area contributed by atoms with E-state index in [0.29, 0.717) is 16.5 Å². The summed E-state index contributed by atoms with van der Waals surface area (Å²) in [6.07, 6.45) is 2.87. The molecule has 0 radical (unpaired) electrons. The third kappa shape index (κ3) is 3.89. The number of hydrogen-bond donors (Lipinski definition) is 1. The maximum atomic E-state index is 11.7. The molecule has 0 aliphatic carbocycles. The van der Waals surface area contributed by atoms with E-state index in [1.165, 1.54) is 6.26 Å². The molecule has 3 nitrogen and oxygen atoms in total. The highest BCUT2D eigenvalue weighted by Crippen LogP contribution is 2.27. The van der Waals surface area contributed by atoms with Gasteiger partial charge in [0.1, 0.15) is 0 Å². The fraction of sp³-hybridized carbons (Fsp3) is 0.538. The van der Waals surface area contributed by atoms with Gasteiger partial charge in [0.15, 0.2) is 9.84 Å². The summed E-state index contributed by atoms with van der Waals surface area (Å²) in [6.45, 7) is 4.11. The van der Waals surface area contributed by atoms with Gasteiger partial charge >= 0.3 is 0 Å². The van der Waals surface area contributed by atoms with Gasteiger partial charge in [-0.2, -0.15) is 0 Å². The molecule has 0 saturated carbocycles. The monoisotopic (exact) mass is 289 g/mol. The van der Waals surface area contributed by atoms with Crippen LogP contribution in [0.5, 0.6) is 0 Å². The Morgan fingerprint density at radius 1 is 1.33 bits per heavy atom. The van der Waals surface area contributed by atoms with Crippen molar-refractivity contribution in [2.45, 2.75) is 37.1 Å². The van der Waals surface area contributed by atoms with Gasteiger partial charge in [-0.05, 0) is 31.9 Å². The minimum atomic E-state index is -3.22. The third-order valence-corrected chi connectivity index (χ3v) is 4.49. The Kier molecular flexibility index (Phi) is 5.05. The van der Waals surface area contributed by atoms with Crippen LogP contribution < -0.4 is 5.32 Å². The Bertz CT molecular complexity index is 501. The first kappa shape index (κ1) is 15.3. The first-order valence-corrected chi connectivity index (χ1v) is 8.38. The molecule has 1 atom stereocenters. The van der Waals surface area contributed by atoms with E-state index in [1.54, 1.807) is 18.2 Å². The van der Waals surface area contributed by atoms with Gasteiger partial charge in [-0.3, -0.25) is 0 Å². The van der Waals surface area contributed by atoms with Crippen molar-refractivity contribution in [1.29, 1.82) is 0 Å². The largest absolute Gasteiger partial charge is 0.379 e. The molecule has 1 aromatic rings. The minimum absolute atomic E-state index is 0.192. The van der Waals surface area contributed by atoms with Gasteiger partial charge < -0.3 is 5.32 Å². The van der Waals surface area contributed by atoms with Crippen LogP contribution in [0, 0.1) is 0 Å². The maximum Gasteiger partial charge on any atom is 0.177 e. The Labute approximate surface area is 114 Å². The van der Waals surface area contributed by atoms with Crippen LogP contribution in [0.1, 0.15) is 26.7 Å². The molecule has 1 unspecified atom stereocenters. The van der Waals surface area contributed by atoms with Crippen molar-refractivity contribution in [2.75, 3.05) is 17.5 Å². The molecular weight excluding hydrogens is 270 g/mol. The summed E-state index contributed by atoms with van der Waals surface area (Å²) in [5.41, 5.74) is 0.456. The lowest BCUT2D eigenvalue weighted by atomic mass is 9.95. The molecule has 0 heterocycles. The molecule has 102 valence electrons. The zero-order valence-corrected chi connectivity index (χ0v) is 12.6. The number of halogens is 1. The summed E-state index contributed by atoms with van der Waals surface area (Å²) in [7, 11) is -3.22. The van der Waals surface area contributed by atoms with Crippen LogP contribution in [0.4, 0.5) is 5.69 Å². The fourth-order valence-corrected chi connectivity index (χ4v) is 3.02. The number of benzene rings is 1. The number of rotatable bonds is 6. The first-order valence-electron chi connectivity index (χ1n) is 5.95. The summed E-state index contributed by atoms with van der Waals surface area (Å²) in [5, 5.41) is 3.32. The Morgan fingerprint density at radius 2 is 1.94 bits per heavy atom. The van der Waals surface area contributed by atoms with Crippen LogP contribution in [0.3, 0.4) is 0 Å². The summed E-state index contributed by atoms with van der Waals surface area (Å²) in [6, 6.07) is 6.97. The molecule has 0 saturated heterocycles. The summed E-state index contributed by atoms with van der Waals surface area (Å²) in [5.74, 6) is 0.540. The van der Waals surface area contributed by atoms with E-state index < -0.39 is 9.84 Å². The summed E-state index contributed by atoms with van der Waals surface area (Å²) >= 11 is 5.80.